The summed E-state index contributed by atoms with van der Waals surface area (Å²) in [6, 6.07) is -0.407. The van der Waals surface area contributed by atoms with Crippen LogP contribution in [-0.4, -0.2) is 42.2 Å². The van der Waals surface area contributed by atoms with Gasteiger partial charge in [-0.15, -0.1) is 0 Å². The first-order chi connectivity index (χ1) is 7.69. The first-order valence-corrected chi connectivity index (χ1v) is 5.70. The fraction of sp³-hybridized carbons (Fsp3) is 0.909. The first-order valence-electron chi connectivity index (χ1n) is 5.70. The molecule has 0 aromatic carbocycles. The molecule has 2 unspecified atom stereocenters. The predicted molar refractivity (Wildman–Crippen MR) is 59.9 cm³/mol. The van der Waals surface area contributed by atoms with Gasteiger partial charge in [0.2, 0.25) is 6.43 Å². The van der Waals surface area contributed by atoms with Crippen molar-refractivity contribution in [2.75, 3.05) is 13.1 Å². The van der Waals surface area contributed by atoms with Crippen molar-refractivity contribution >= 4 is 6.09 Å². The van der Waals surface area contributed by atoms with Gasteiger partial charge >= 0.3 is 6.09 Å². The number of halogens is 2. The highest BCUT2D eigenvalue weighted by Crippen LogP contribution is 2.23. The van der Waals surface area contributed by atoms with Gasteiger partial charge in [0.25, 0.3) is 0 Å². The number of hydrogen-bond donors (Lipinski definition) is 1. The molecule has 1 amide bonds. The molecule has 100 valence electrons. The summed E-state index contributed by atoms with van der Waals surface area (Å²) in [5.74, 6) is -0.855. The van der Waals surface area contributed by atoms with Crippen LogP contribution in [0.5, 0.6) is 0 Å². The fourth-order valence-electron chi connectivity index (χ4n) is 1.84. The van der Waals surface area contributed by atoms with Gasteiger partial charge < -0.3 is 15.4 Å². The monoisotopic (exact) mass is 250 g/mol. The molecular weight excluding hydrogens is 230 g/mol. The van der Waals surface area contributed by atoms with E-state index in [1.165, 1.54) is 4.90 Å². The van der Waals surface area contributed by atoms with Crippen LogP contribution in [0.1, 0.15) is 27.2 Å². The Morgan fingerprint density at radius 1 is 1.41 bits per heavy atom. The van der Waals surface area contributed by atoms with Gasteiger partial charge in [-0.25, -0.2) is 13.6 Å². The zero-order valence-electron chi connectivity index (χ0n) is 10.5. The lowest BCUT2D eigenvalue weighted by atomic mass is 9.95. The zero-order valence-corrected chi connectivity index (χ0v) is 10.5. The molecule has 1 heterocycles. The second-order valence-corrected chi connectivity index (χ2v) is 5.48. The summed E-state index contributed by atoms with van der Waals surface area (Å²) >= 11 is 0. The number of alkyl halides is 2. The Kier molecular flexibility index (Phi) is 4.30. The van der Waals surface area contributed by atoms with E-state index in [9.17, 15) is 13.6 Å². The van der Waals surface area contributed by atoms with E-state index in [4.69, 9.17) is 10.5 Å². The Morgan fingerprint density at radius 3 is 2.47 bits per heavy atom. The number of hydrogen-bond acceptors (Lipinski definition) is 3. The number of nitrogens with zero attached hydrogens (tertiary/aromatic N) is 1. The molecule has 17 heavy (non-hydrogen) atoms. The summed E-state index contributed by atoms with van der Waals surface area (Å²) in [5.41, 5.74) is 5.05. The molecule has 2 N–H and O–H groups in total. The number of amides is 1. The summed E-state index contributed by atoms with van der Waals surface area (Å²) in [6.45, 7) is 5.50. The highest BCUT2D eigenvalue weighted by Gasteiger charge is 2.34. The SMILES string of the molecule is CC(C)(C)OC(=O)N1CC(N)CC(C(F)F)C1. The van der Waals surface area contributed by atoms with Crippen LogP contribution in [0.15, 0.2) is 0 Å². The lowest BCUT2D eigenvalue weighted by molar-refractivity contribution is -0.00832. The van der Waals surface area contributed by atoms with Crippen molar-refractivity contribution in [1.82, 2.24) is 4.90 Å². The number of carbonyl (C=O) groups is 1. The van der Waals surface area contributed by atoms with Crippen molar-refractivity contribution in [3.8, 4) is 0 Å². The highest BCUT2D eigenvalue weighted by atomic mass is 19.3. The molecule has 1 aliphatic rings. The van der Waals surface area contributed by atoms with Gasteiger partial charge in [0.1, 0.15) is 5.60 Å². The molecule has 1 saturated heterocycles. The first kappa shape index (κ1) is 14.2. The summed E-state index contributed by atoms with van der Waals surface area (Å²) in [5, 5.41) is 0. The molecule has 0 radical (unpaired) electrons. The smallest absolute Gasteiger partial charge is 0.410 e. The molecule has 1 aliphatic heterocycles. The van der Waals surface area contributed by atoms with Crippen molar-refractivity contribution in [1.29, 1.82) is 0 Å². The molecule has 2 atom stereocenters. The van der Waals surface area contributed by atoms with E-state index in [2.05, 4.69) is 0 Å². The summed E-state index contributed by atoms with van der Waals surface area (Å²) in [7, 11) is 0. The Bertz CT molecular complexity index is 279. The molecule has 1 fully saturated rings. The minimum absolute atomic E-state index is 0.0142. The van der Waals surface area contributed by atoms with Crippen molar-refractivity contribution in [2.24, 2.45) is 11.7 Å². The molecule has 0 aromatic rings. The van der Waals surface area contributed by atoms with Crippen molar-refractivity contribution in [2.45, 2.75) is 45.3 Å². The zero-order chi connectivity index (χ0) is 13.2. The van der Waals surface area contributed by atoms with E-state index in [0.29, 0.717) is 0 Å². The van der Waals surface area contributed by atoms with Gasteiger partial charge in [0.15, 0.2) is 0 Å². The number of rotatable bonds is 1. The maximum Gasteiger partial charge on any atom is 0.410 e. The maximum absolute atomic E-state index is 12.6. The molecule has 0 aliphatic carbocycles. The minimum Gasteiger partial charge on any atom is -0.444 e. The number of carbonyl (C=O) groups excluding carboxylic acids is 1. The predicted octanol–water partition coefficient (Wildman–Crippen LogP) is 1.84. The summed E-state index contributed by atoms with van der Waals surface area (Å²) < 4.78 is 30.4. The van der Waals surface area contributed by atoms with Gasteiger partial charge in [-0.3, -0.25) is 0 Å². The largest absolute Gasteiger partial charge is 0.444 e. The van der Waals surface area contributed by atoms with E-state index < -0.39 is 30.1 Å². The van der Waals surface area contributed by atoms with E-state index in [0.717, 1.165) is 0 Å². The van der Waals surface area contributed by atoms with E-state index in [1.807, 2.05) is 0 Å². The molecule has 6 heteroatoms. The topological polar surface area (TPSA) is 55.6 Å². The number of nitrogens with two attached hydrogens (primary N) is 1. The van der Waals surface area contributed by atoms with Gasteiger partial charge in [-0.05, 0) is 27.2 Å². The van der Waals surface area contributed by atoms with Crippen molar-refractivity contribution in [3.63, 3.8) is 0 Å². The Labute approximate surface area is 100 Å². The number of likely N-dealkylation sites (tertiary alicyclic amines) is 1. The fourth-order valence-corrected chi connectivity index (χ4v) is 1.84. The second-order valence-electron chi connectivity index (χ2n) is 5.48. The Morgan fingerprint density at radius 2 is 2.00 bits per heavy atom. The Balaban J connectivity index is 2.61. The number of piperidine rings is 1. The molecule has 0 bridgehead atoms. The van der Waals surface area contributed by atoms with Crippen LogP contribution in [0.25, 0.3) is 0 Å². The van der Waals surface area contributed by atoms with Gasteiger partial charge in [-0.1, -0.05) is 0 Å². The molecule has 1 rings (SSSR count). The lowest BCUT2D eigenvalue weighted by Crippen LogP contribution is -2.52. The molecular formula is C11H20F2N2O2. The number of ether oxygens (including phenoxy) is 1. The van der Waals surface area contributed by atoms with E-state index in [1.54, 1.807) is 20.8 Å². The summed E-state index contributed by atoms with van der Waals surface area (Å²) in [4.78, 5) is 13.0. The quantitative estimate of drug-likeness (QED) is 0.772. The average Bonchev–Trinajstić information content (AvgIpc) is 2.13. The third kappa shape index (κ3) is 4.46. The molecule has 0 saturated carbocycles. The molecule has 4 nitrogen and oxygen atoms in total. The van der Waals surface area contributed by atoms with Crippen LogP contribution in [0.4, 0.5) is 13.6 Å². The second kappa shape index (κ2) is 5.16. The van der Waals surface area contributed by atoms with Crippen LogP contribution in [0.3, 0.4) is 0 Å². The van der Waals surface area contributed by atoms with Crippen LogP contribution >= 0.6 is 0 Å². The molecule has 0 aromatic heterocycles. The van der Waals surface area contributed by atoms with Gasteiger partial charge in [0.05, 0.1) is 0 Å². The van der Waals surface area contributed by atoms with E-state index in [-0.39, 0.29) is 19.5 Å². The normalized spacial score (nSPS) is 26.2. The van der Waals surface area contributed by atoms with Crippen LogP contribution in [0.2, 0.25) is 0 Å². The van der Waals surface area contributed by atoms with Crippen LogP contribution < -0.4 is 5.73 Å². The average molecular weight is 250 g/mol. The molecule has 0 spiro atoms. The van der Waals surface area contributed by atoms with Crippen LogP contribution in [0, 0.1) is 5.92 Å². The lowest BCUT2D eigenvalue weighted by Gasteiger charge is -2.36. The highest BCUT2D eigenvalue weighted by molar-refractivity contribution is 5.68. The van der Waals surface area contributed by atoms with Gasteiger partial charge in [-0.2, -0.15) is 0 Å². The van der Waals surface area contributed by atoms with E-state index >= 15 is 0 Å². The van der Waals surface area contributed by atoms with Crippen molar-refractivity contribution < 1.29 is 18.3 Å². The Hall–Kier alpha value is -0.910. The van der Waals surface area contributed by atoms with Crippen LogP contribution in [-0.2, 0) is 4.74 Å². The van der Waals surface area contributed by atoms with Crippen molar-refractivity contribution in [3.05, 3.63) is 0 Å². The standard InChI is InChI=1S/C11H20F2N2O2/c1-11(2,3)17-10(16)15-5-7(9(12)13)4-8(14)6-15/h7-9H,4-6,14H2,1-3H3. The van der Waals surface area contributed by atoms with Gasteiger partial charge in [0, 0.05) is 25.0 Å². The third-order valence-electron chi connectivity index (χ3n) is 2.52. The summed E-state index contributed by atoms with van der Waals surface area (Å²) in [6.07, 6.45) is -2.78. The third-order valence-corrected chi connectivity index (χ3v) is 2.52. The maximum atomic E-state index is 12.6. The minimum atomic E-state index is -2.45.